The molecule has 78 valence electrons. The van der Waals surface area contributed by atoms with Crippen LogP contribution in [0, 0.1) is 6.92 Å². The molecule has 0 aromatic heterocycles. The second kappa shape index (κ2) is 5.23. The number of aliphatic hydroxyl groups excluding tert-OH is 1. The summed E-state index contributed by atoms with van der Waals surface area (Å²) >= 11 is 5.95. The fourth-order valence-electron chi connectivity index (χ4n) is 1.03. The van der Waals surface area contributed by atoms with Crippen molar-refractivity contribution in [3.8, 4) is 5.75 Å². The molecule has 1 atom stereocenters. The number of benzene rings is 1. The molecule has 14 heavy (non-hydrogen) atoms. The van der Waals surface area contributed by atoms with Crippen LogP contribution in [0.3, 0.4) is 0 Å². The summed E-state index contributed by atoms with van der Waals surface area (Å²) in [5.41, 5.74) is 1.10. The summed E-state index contributed by atoms with van der Waals surface area (Å²) in [4.78, 5) is 0. The van der Waals surface area contributed by atoms with Gasteiger partial charge in [0.15, 0.2) is 0 Å². The monoisotopic (exact) mass is 214 g/mol. The fraction of sp³-hybridized carbons (Fsp3) is 0.455. The van der Waals surface area contributed by atoms with E-state index in [-0.39, 0.29) is 0 Å². The topological polar surface area (TPSA) is 29.5 Å². The third-order valence-corrected chi connectivity index (χ3v) is 2.29. The highest BCUT2D eigenvalue weighted by atomic mass is 35.5. The smallest absolute Gasteiger partial charge is 0.138 e. The Morgan fingerprint density at radius 1 is 1.50 bits per heavy atom. The number of halogens is 1. The van der Waals surface area contributed by atoms with Gasteiger partial charge in [0.25, 0.3) is 0 Å². The highest BCUT2D eigenvalue weighted by Gasteiger charge is 2.05. The molecular weight excluding hydrogens is 200 g/mol. The standard InChI is InChI=1S/C11H15ClO2/c1-3-9(13)7-14-11-5-4-8(2)6-10(11)12/h4-6,9,13H,3,7H2,1-2H3. The highest BCUT2D eigenvalue weighted by Crippen LogP contribution is 2.25. The Morgan fingerprint density at radius 3 is 2.79 bits per heavy atom. The lowest BCUT2D eigenvalue weighted by Gasteiger charge is -2.11. The van der Waals surface area contributed by atoms with Gasteiger partial charge in [0.1, 0.15) is 12.4 Å². The van der Waals surface area contributed by atoms with Crippen LogP contribution in [0.4, 0.5) is 0 Å². The van der Waals surface area contributed by atoms with Crippen molar-refractivity contribution >= 4 is 11.6 Å². The van der Waals surface area contributed by atoms with E-state index in [9.17, 15) is 5.11 Å². The van der Waals surface area contributed by atoms with Crippen molar-refractivity contribution in [2.45, 2.75) is 26.4 Å². The molecule has 0 amide bonds. The highest BCUT2D eigenvalue weighted by molar-refractivity contribution is 6.32. The summed E-state index contributed by atoms with van der Waals surface area (Å²) < 4.78 is 5.36. The molecule has 0 aliphatic carbocycles. The van der Waals surface area contributed by atoms with Crippen molar-refractivity contribution in [1.29, 1.82) is 0 Å². The second-order valence-corrected chi connectivity index (χ2v) is 3.71. The van der Waals surface area contributed by atoms with Gasteiger partial charge < -0.3 is 9.84 Å². The van der Waals surface area contributed by atoms with E-state index in [4.69, 9.17) is 16.3 Å². The first kappa shape index (κ1) is 11.3. The molecule has 1 aromatic rings. The SMILES string of the molecule is CCC(O)COc1ccc(C)cc1Cl. The van der Waals surface area contributed by atoms with Gasteiger partial charge in [-0.15, -0.1) is 0 Å². The first-order chi connectivity index (χ1) is 6.63. The van der Waals surface area contributed by atoms with Crippen LogP contribution in [0.1, 0.15) is 18.9 Å². The van der Waals surface area contributed by atoms with Gasteiger partial charge in [-0.3, -0.25) is 0 Å². The average molecular weight is 215 g/mol. The lowest BCUT2D eigenvalue weighted by atomic mass is 10.2. The molecule has 2 nitrogen and oxygen atoms in total. The quantitative estimate of drug-likeness (QED) is 0.835. The van der Waals surface area contributed by atoms with Gasteiger partial charge in [0.05, 0.1) is 11.1 Å². The Bertz CT molecular complexity index is 299. The lowest BCUT2D eigenvalue weighted by molar-refractivity contribution is 0.104. The summed E-state index contributed by atoms with van der Waals surface area (Å²) in [7, 11) is 0. The minimum absolute atomic E-state index is 0.291. The molecule has 0 saturated carbocycles. The molecule has 0 radical (unpaired) electrons. The summed E-state index contributed by atoms with van der Waals surface area (Å²) in [6.45, 7) is 4.17. The van der Waals surface area contributed by atoms with E-state index in [0.29, 0.717) is 23.8 Å². The zero-order chi connectivity index (χ0) is 10.6. The van der Waals surface area contributed by atoms with Crippen LogP contribution in [0.25, 0.3) is 0 Å². The number of ether oxygens (including phenoxy) is 1. The van der Waals surface area contributed by atoms with Crippen LogP contribution in [0.15, 0.2) is 18.2 Å². The van der Waals surface area contributed by atoms with Gasteiger partial charge in [0, 0.05) is 0 Å². The Morgan fingerprint density at radius 2 is 2.21 bits per heavy atom. The van der Waals surface area contributed by atoms with Crippen molar-refractivity contribution in [1.82, 2.24) is 0 Å². The Hall–Kier alpha value is -0.730. The van der Waals surface area contributed by atoms with Gasteiger partial charge in [-0.05, 0) is 31.0 Å². The Balaban J connectivity index is 2.59. The summed E-state index contributed by atoms with van der Waals surface area (Å²) in [5, 5.41) is 9.89. The van der Waals surface area contributed by atoms with Crippen LogP contribution in [-0.4, -0.2) is 17.8 Å². The first-order valence-corrected chi connectivity index (χ1v) is 5.08. The Kier molecular flexibility index (Phi) is 4.23. The number of hydrogen-bond donors (Lipinski definition) is 1. The molecule has 1 aromatic carbocycles. The molecule has 1 unspecified atom stereocenters. The zero-order valence-corrected chi connectivity index (χ0v) is 9.21. The predicted molar refractivity (Wildman–Crippen MR) is 58.0 cm³/mol. The van der Waals surface area contributed by atoms with Crippen LogP contribution in [0.5, 0.6) is 5.75 Å². The van der Waals surface area contributed by atoms with Crippen molar-refractivity contribution < 1.29 is 9.84 Å². The van der Waals surface area contributed by atoms with Crippen LogP contribution >= 0.6 is 11.6 Å². The van der Waals surface area contributed by atoms with Crippen molar-refractivity contribution in [2.75, 3.05) is 6.61 Å². The van der Waals surface area contributed by atoms with E-state index in [0.717, 1.165) is 5.56 Å². The minimum Gasteiger partial charge on any atom is -0.489 e. The van der Waals surface area contributed by atoms with E-state index in [1.807, 2.05) is 32.0 Å². The molecule has 0 heterocycles. The van der Waals surface area contributed by atoms with E-state index in [1.165, 1.54) is 0 Å². The van der Waals surface area contributed by atoms with Crippen LogP contribution in [-0.2, 0) is 0 Å². The first-order valence-electron chi connectivity index (χ1n) is 4.70. The molecule has 0 aliphatic rings. The van der Waals surface area contributed by atoms with E-state index in [1.54, 1.807) is 0 Å². The van der Waals surface area contributed by atoms with Crippen LogP contribution in [0.2, 0.25) is 5.02 Å². The molecule has 1 rings (SSSR count). The maximum absolute atomic E-state index is 9.30. The molecule has 0 fully saturated rings. The largest absolute Gasteiger partial charge is 0.489 e. The van der Waals surface area contributed by atoms with Gasteiger partial charge in [0.2, 0.25) is 0 Å². The van der Waals surface area contributed by atoms with Gasteiger partial charge >= 0.3 is 0 Å². The normalized spacial score (nSPS) is 12.6. The Labute approximate surface area is 89.5 Å². The minimum atomic E-state index is -0.424. The van der Waals surface area contributed by atoms with Crippen molar-refractivity contribution in [3.63, 3.8) is 0 Å². The summed E-state index contributed by atoms with van der Waals surface area (Å²) in [6, 6.07) is 5.59. The summed E-state index contributed by atoms with van der Waals surface area (Å²) in [5.74, 6) is 0.629. The maximum atomic E-state index is 9.30. The van der Waals surface area contributed by atoms with Gasteiger partial charge in [-0.25, -0.2) is 0 Å². The van der Waals surface area contributed by atoms with E-state index in [2.05, 4.69) is 0 Å². The number of rotatable bonds is 4. The summed E-state index contributed by atoms with van der Waals surface area (Å²) in [6.07, 6.45) is 0.260. The molecule has 0 spiro atoms. The molecule has 0 bridgehead atoms. The van der Waals surface area contributed by atoms with E-state index < -0.39 is 6.10 Å². The molecule has 0 saturated heterocycles. The third-order valence-electron chi connectivity index (χ3n) is 1.99. The molecule has 0 aliphatic heterocycles. The number of aryl methyl sites for hydroxylation is 1. The molecule has 1 N–H and O–H groups in total. The predicted octanol–water partition coefficient (Wildman–Crippen LogP) is 2.80. The number of aliphatic hydroxyl groups is 1. The maximum Gasteiger partial charge on any atom is 0.138 e. The molecule has 3 heteroatoms. The third kappa shape index (κ3) is 3.20. The van der Waals surface area contributed by atoms with Gasteiger partial charge in [-0.1, -0.05) is 24.6 Å². The van der Waals surface area contributed by atoms with Crippen molar-refractivity contribution in [3.05, 3.63) is 28.8 Å². The molecular formula is C11H15ClO2. The van der Waals surface area contributed by atoms with Crippen LogP contribution < -0.4 is 4.74 Å². The van der Waals surface area contributed by atoms with E-state index >= 15 is 0 Å². The average Bonchev–Trinajstić information content (AvgIpc) is 2.16. The fourth-order valence-corrected chi connectivity index (χ4v) is 1.32. The number of hydrogen-bond acceptors (Lipinski definition) is 2. The second-order valence-electron chi connectivity index (χ2n) is 3.31. The zero-order valence-electron chi connectivity index (χ0n) is 8.46. The van der Waals surface area contributed by atoms with Gasteiger partial charge in [-0.2, -0.15) is 0 Å². The van der Waals surface area contributed by atoms with Crippen molar-refractivity contribution in [2.24, 2.45) is 0 Å². The lowest BCUT2D eigenvalue weighted by Crippen LogP contribution is -2.16.